The van der Waals surface area contributed by atoms with Gasteiger partial charge in [-0.3, -0.25) is 9.78 Å². The van der Waals surface area contributed by atoms with Crippen LogP contribution >= 0.6 is 23.2 Å². The van der Waals surface area contributed by atoms with Crippen LogP contribution in [0.15, 0.2) is 39.9 Å². The number of H-pyrrole nitrogens is 1. The molecule has 0 saturated heterocycles. The molecule has 8 nitrogen and oxygen atoms in total. The van der Waals surface area contributed by atoms with Crippen LogP contribution < -0.4 is 16.0 Å². The van der Waals surface area contributed by atoms with Gasteiger partial charge in [-0.15, -0.1) is 5.10 Å². The molecule has 0 aliphatic heterocycles. The Bertz CT molecular complexity index is 1210. The lowest BCUT2D eigenvalue weighted by molar-refractivity contribution is 0.460. The average molecular weight is 406 g/mol. The Balaban J connectivity index is 2.04. The molecule has 0 aliphatic rings. The van der Waals surface area contributed by atoms with Crippen molar-refractivity contribution < 1.29 is 11.2 Å². The summed E-state index contributed by atoms with van der Waals surface area (Å²) in [6, 6.07) is 8.54. The number of aryl methyl sites for hydroxylation is 1. The van der Waals surface area contributed by atoms with Crippen LogP contribution in [0, 0.1) is 18.2 Å². The van der Waals surface area contributed by atoms with Gasteiger partial charge in [-0.2, -0.15) is 9.94 Å². The minimum Gasteiger partial charge on any atom is -0.508 e. The molecule has 0 aliphatic carbocycles. The van der Waals surface area contributed by atoms with Gasteiger partial charge in [0.1, 0.15) is 17.6 Å². The van der Waals surface area contributed by atoms with E-state index in [1.54, 1.807) is 6.07 Å². The van der Waals surface area contributed by atoms with Crippen molar-refractivity contribution in [3.8, 4) is 29.0 Å². The molecule has 10 heteroatoms. The van der Waals surface area contributed by atoms with Crippen LogP contribution in [0.25, 0.3) is 5.69 Å². The quantitative estimate of drug-likeness (QED) is 0.690. The van der Waals surface area contributed by atoms with Crippen LogP contribution in [0.5, 0.6) is 17.2 Å². The molecular formula is C17H10Cl2N4O4. The number of aromatic nitrogens is 3. The second-order valence-electron chi connectivity index (χ2n) is 5.26. The van der Waals surface area contributed by atoms with Crippen molar-refractivity contribution in [2.24, 2.45) is 0 Å². The third-order valence-corrected chi connectivity index (χ3v) is 3.99. The van der Waals surface area contributed by atoms with Gasteiger partial charge in [0.25, 0.3) is 5.56 Å². The molecule has 0 spiro atoms. The number of hydrogen-bond donors (Lipinski definition) is 2. The minimum atomic E-state index is -0.904. The van der Waals surface area contributed by atoms with Crippen LogP contribution in [0.2, 0.25) is 10.0 Å². The monoisotopic (exact) mass is 405 g/mol. The Morgan fingerprint density at radius 1 is 1.30 bits per heavy atom. The summed E-state index contributed by atoms with van der Waals surface area (Å²) in [5.74, 6) is 0.334. The number of phenolic OH excluding ortho intramolecular Hbond substituents is 1. The maximum atomic E-state index is 12.0. The number of nitriles is 1. The number of hydrogen-bond acceptors (Lipinski definition) is 6. The molecule has 3 aromatic rings. The fourth-order valence-electron chi connectivity index (χ4n) is 2.16. The zero-order chi connectivity index (χ0) is 20.4. The van der Waals surface area contributed by atoms with Gasteiger partial charge in [-0.05, 0) is 42.8 Å². The SMILES string of the molecule is [2H]Cc1cc(Oc2c(Cl)cc(-n3nc(C#N)c(=O)[nH]c3=O)cc2Cl)ccc1O. The fraction of sp³-hybridized carbons (Fsp3) is 0.0588. The van der Waals surface area contributed by atoms with E-state index in [2.05, 4.69) is 5.10 Å². The van der Waals surface area contributed by atoms with Gasteiger partial charge in [-0.25, -0.2) is 4.79 Å². The van der Waals surface area contributed by atoms with Crippen molar-refractivity contribution in [3.05, 3.63) is 72.5 Å². The molecule has 2 N–H and O–H groups in total. The minimum absolute atomic E-state index is 0.0291. The predicted octanol–water partition coefficient (Wildman–Crippen LogP) is 2.91. The Morgan fingerprint density at radius 2 is 2.00 bits per heavy atom. The number of phenols is 1. The topological polar surface area (TPSA) is 121 Å². The van der Waals surface area contributed by atoms with E-state index >= 15 is 0 Å². The highest BCUT2D eigenvalue weighted by molar-refractivity contribution is 6.37. The number of halogens is 2. The maximum Gasteiger partial charge on any atom is 0.349 e. The van der Waals surface area contributed by atoms with Crippen LogP contribution in [-0.4, -0.2) is 19.9 Å². The van der Waals surface area contributed by atoms with E-state index in [0.29, 0.717) is 11.3 Å². The Morgan fingerprint density at radius 3 is 2.63 bits per heavy atom. The maximum absolute atomic E-state index is 12.0. The van der Waals surface area contributed by atoms with Crippen LogP contribution in [-0.2, 0) is 0 Å². The van der Waals surface area contributed by atoms with E-state index in [1.807, 2.05) is 4.98 Å². The summed E-state index contributed by atoms with van der Waals surface area (Å²) in [6.45, 7) is -0.147. The lowest BCUT2D eigenvalue weighted by Crippen LogP contribution is -2.33. The van der Waals surface area contributed by atoms with Gasteiger partial charge in [0.2, 0.25) is 5.69 Å². The molecule has 0 radical (unpaired) electrons. The molecule has 3 rings (SSSR count). The van der Waals surface area contributed by atoms with E-state index < -0.39 is 16.9 Å². The zero-order valence-corrected chi connectivity index (χ0v) is 14.9. The number of aromatic amines is 1. The number of ether oxygens (including phenoxy) is 1. The predicted molar refractivity (Wildman–Crippen MR) is 98.1 cm³/mol. The number of rotatable bonds is 3. The molecule has 27 heavy (non-hydrogen) atoms. The van der Waals surface area contributed by atoms with E-state index in [-0.39, 0.29) is 34.1 Å². The van der Waals surface area contributed by atoms with E-state index in [4.69, 9.17) is 34.6 Å². The number of nitrogens with zero attached hydrogens (tertiary/aromatic N) is 3. The summed E-state index contributed by atoms with van der Waals surface area (Å²) in [5, 5.41) is 22.3. The Hall–Kier alpha value is -3.28. The smallest absolute Gasteiger partial charge is 0.349 e. The van der Waals surface area contributed by atoms with Crippen molar-refractivity contribution in [3.63, 3.8) is 0 Å². The summed E-state index contributed by atoms with van der Waals surface area (Å²) in [7, 11) is 0. The standard InChI is InChI=1S/C17H10Cl2N4O4/c1-8-4-10(2-3-14(8)24)27-15-11(18)5-9(6-12(15)19)23-17(26)21-16(25)13(7-20)22-23/h2-6,24H,1H3,(H,21,25,26)/i1D. The van der Waals surface area contributed by atoms with Crippen molar-refractivity contribution >= 4 is 23.2 Å². The molecule has 136 valence electrons. The first-order valence-corrected chi connectivity index (χ1v) is 8.01. The highest BCUT2D eigenvalue weighted by Crippen LogP contribution is 2.38. The van der Waals surface area contributed by atoms with Crippen LogP contribution in [0.3, 0.4) is 0 Å². The Labute approximate surface area is 163 Å². The van der Waals surface area contributed by atoms with Crippen LogP contribution in [0.4, 0.5) is 0 Å². The summed E-state index contributed by atoms with van der Waals surface area (Å²) in [4.78, 5) is 25.4. The molecule has 0 bridgehead atoms. The molecule has 0 unspecified atom stereocenters. The zero-order valence-electron chi connectivity index (χ0n) is 14.4. The lowest BCUT2D eigenvalue weighted by Gasteiger charge is -2.12. The van der Waals surface area contributed by atoms with Crippen molar-refractivity contribution in [2.45, 2.75) is 6.90 Å². The molecule has 0 saturated carbocycles. The third-order valence-electron chi connectivity index (χ3n) is 3.43. The van der Waals surface area contributed by atoms with Gasteiger partial charge < -0.3 is 9.84 Å². The first-order valence-electron chi connectivity index (χ1n) is 7.97. The average Bonchev–Trinajstić information content (AvgIpc) is 2.66. The molecule has 0 fully saturated rings. The fourth-order valence-corrected chi connectivity index (χ4v) is 2.71. The third kappa shape index (κ3) is 3.65. The summed E-state index contributed by atoms with van der Waals surface area (Å²) in [6.07, 6.45) is 0. The molecule has 0 amide bonds. The second kappa shape index (κ2) is 7.15. The van der Waals surface area contributed by atoms with Crippen molar-refractivity contribution in [1.82, 2.24) is 14.8 Å². The largest absolute Gasteiger partial charge is 0.508 e. The normalized spacial score (nSPS) is 10.9. The highest BCUT2D eigenvalue weighted by Gasteiger charge is 2.15. The molecule has 0 atom stereocenters. The second-order valence-corrected chi connectivity index (χ2v) is 6.08. The molecule has 1 aromatic heterocycles. The summed E-state index contributed by atoms with van der Waals surface area (Å²) in [5.41, 5.74) is -1.81. The molecule has 2 aromatic carbocycles. The lowest BCUT2D eigenvalue weighted by atomic mass is 10.2. The number of aromatic hydroxyl groups is 1. The van der Waals surface area contributed by atoms with E-state index in [1.165, 1.54) is 30.3 Å². The highest BCUT2D eigenvalue weighted by atomic mass is 35.5. The van der Waals surface area contributed by atoms with Gasteiger partial charge >= 0.3 is 5.69 Å². The molecular weight excluding hydrogens is 395 g/mol. The van der Waals surface area contributed by atoms with Crippen molar-refractivity contribution in [2.75, 3.05) is 0 Å². The first-order chi connectivity index (χ1) is 13.3. The summed E-state index contributed by atoms with van der Waals surface area (Å²) >= 11 is 12.4. The van der Waals surface area contributed by atoms with Gasteiger partial charge in [0.05, 0.1) is 15.7 Å². The number of nitrogens with one attached hydrogen (secondary N) is 1. The summed E-state index contributed by atoms with van der Waals surface area (Å²) < 4.78 is 13.8. The van der Waals surface area contributed by atoms with E-state index in [0.717, 1.165) is 4.68 Å². The number of benzene rings is 2. The molecule has 1 heterocycles. The van der Waals surface area contributed by atoms with Gasteiger partial charge in [0, 0.05) is 1.37 Å². The van der Waals surface area contributed by atoms with E-state index in [9.17, 15) is 14.7 Å². The van der Waals surface area contributed by atoms with Gasteiger partial charge in [-0.1, -0.05) is 23.2 Å². The van der Waals surface area contributed by atoms with Gasteiger partial charge in [0.15, 0.2) is 5.75 Å². The van der Waals surface area contributed by atoms with Crippen molar-refractivity contribution in [1.29, 1.82) is 5.26 Å². The van der Waals surface area contributed by atoms with Crippen LogP contribution in [0.1, 0.15) is 12.6 Å². The first kappa shape index (κ1) is 17.1. The Kier molecular flexibility index (Phi) is 4.54.